The van der Waals surface area contributed by atoms with Gasteiger partial charge in [0.15, 0.2) is 0 Å². The fourth-order valence-corrected chi connectivity index (χ4v) is 5.47. The second kappa shape index (κ2) is 7.94. The molecule has 164 valence electrons. The van der Waals surface area contributed by atoms with Crippen molar-refractivity contribution in [3.05, 3.63) is 71.4 Å². The molecule has 1 heterocycles. The Kier molecular flexibility index (Phi) is 5.59. The van der Waals surface area contributed by atoms with Crippen LogP contribution in [0.5, 0.6) is 5.75 Å². The van der Waals surface area contributed by atoms with Gasteiger partial charge in [-0.05, 0) is 65.8 Å². The third kappa shape index (κ3) is 3.96. The van der Waals surface area contributed by atoms with Crippen LogP contribution in [0.4, 0.5) is 0 Å². The molecule has 3 aromatic rings. The number of hydrogen-bond donors (Lipinski definition) is 1. The smallest absolute Gasteiger partial charge is 0.122 e. The molecule has 0 spiro atoms. The maximum atomic E-state index is 12.3. The lowest BCUT2D eigenvalue weighted by atomic mass is 9.59. The van der Waals surface area contributed by atoms with Crippen LogP contribution in [0.25, 0.3) is 10.9 Å². The second-order valence-electron chi connectivity index (χ2n) is 10.5. The first-order chi connectivity index (χ1) is 14.7. The Morgan fingerprint density at radius 2 is 1.84 bits per heavy atom. The minimum atomic E-state index is -0.888. The van der Waals surface area contributed by atoms with Gasteiger partial charge in [0.05, 0.1) is 18.2 Å². The van der Waals surface area contributed by atoms with E-state index in [0.29, 0.717) is 12.8 Å². The number of nitrogens with zero attached hydrogens (tertiary/aromatic N) is 1. The lowest BCUT2D eigenvalue weighted by molar-refractivity contribution is -0.0802. The first-order valence-corrected chi connectivity index (χ1v) is 11.4. The quantitative estimate of drug-likeness (QED) is 0.534. The van der Waals surface area contributed by atoms with Gasteiger partial charge in [-0.15, -0.1) is 0 Å². The van der Waals surface area contributed by atoms with Gasteiger partial charge in [0.25, 0.3) is 0 Å². The molecule has 1 aliphatic carbocycles. The number of aliphatic hydroxyl groups is 1. The molecular weight excluding hydrogens is 382 g/mol. The molecule has 1 aromatic heterocycles. The van der Waals surface area contributed by atoms with Crippen molar-refractivity contribution in [3.63, 3.8) is 0 Å². The summed E-state index contributed by atoms with van der Waals surface area (Å²) in [4.78, 5) is 4.52. The van der Waals surface area contributed by atoms with Gasteiger partial charge in [0, 0.05) is 23.6 Å². The molecule has 2 atom stereocenters. The zero-order valence-corrected chi connectivity index (χ0v) is 19.5. The van der Waals surface area contributed by atoms with Gasteiger partial charge >= 0.3 is 0 Å². The Hall–Kier alpha value is -2.39. The van der Waals surface area contributed by atoms with E-state index in [4.69, 9.17) is 4.74 Å². The van der Waals surface area contributed by atoms with E-state index < -0.39 is 5.60 Å². The highest BCUT2D eigenvalue weighted by Crippen LogP contribution is 2.50. The van der Waals surface area contributed by atoms with Crippen LogP contribution < -0.4 is 4.74 Å². The highest BCUT2D eigenvalue weighted by Gasteiger charge is 2.48. The lowest BCUT2D eigenvalue weighted by Gasteiger charge is -2.48. The number of pyridine rings is 1. The molecule has 2 aromatic carbocycles. The zero-order valence-electron chi connectivity index (χ0n) is 19.5. The number of para-hydroxylation sites is 1. The van der Waals surface area contributed by atoms with Gasteiger partial charge < -0.3 is 9.84 Å². The first kappa shape index (κ1) is 21.8. The van der Waals surface area contributed by atoms with Crippen molar-refractivity contribution >= 4 is 10.9 Å². The zero-order chi connectivity index (χ0) is 22.3. The van der Waals surface area contributed by atoms with Crippen molar-refractivity contribution in [2.45, 2.75) is 70.8 Å². The molecule has 1 aliphatic rings. The molecule has 4 rings (SSSR count). The minimum Gasteiger partial charge on any atom is -0.496 e. The third-order valence-electron chi connectivity index (χ3n) is 7.41. The van der Waals surface area contributed by atoms with Crippen LogP contribution in [0.1, 0.15) is 63.6 Å². The summed E-state index contributed by atoms with van der Waals surface area (Å²) in [6.07, 6.45) is 6.41. The molecule has 0 fully saturated rings. The standard InChI is InChI=1S/C28H35NO2/c1-26(2,3)28(30,18-21-15-17-29-23-13-7-6-12-22(21)23)19-27(4)16-9-11-20-10-8-14-24(31-5)25(20)27/h6-8,10,12-15,17,30H,9,11,16,18-19H2,1-5H3. The van der Waals surface area contributed by atoms with Gasteiger partial charge in [-0.3, -0.25) is 4.98 Å². The monoisotopic (exact) mass is 417 g/mol. The Bertz CT molecular complexity index is 1060. The summed E-state index contributed by atoms with van der Waals surface area (Å²) in [6.45, 7) is 8.79. The van der Waals surface area contributed by atoms with E-state index in [0.717, 1.165) is 41.5 Å². The second-order valence-corrected chi connectivity index (χ2v) is 10.5. The average molecular weight is 418 g/mol. The van der Waals surface area contributed by atoms with Crippen LogP contribution in [-0.4, -0.2) is 22.8 Å². The van der Waals surface area contributed by atoms with Gasteiger partial charge in [-0.2, -0.15) is 0 Å². The summed E-state index contributed by atoms with van der Waals surface area (Å²) >= 11 is 0. The van der Waals surface area contributed by atoms with E-state index in [2.05, 4.69) is 63.0 Å². The predicted molar refractivity (Wildman–Crippen MR) is 128 cm³/mol. The van der Waals surface area contributed by atoms with Crippen molar-refractivity contribution in [1.29, 1.82) is 0 Å². The molecule has 0 radical (unpaired) electrons. The number of aromatic nitrogens is 1. The lowest BCUT2D eigenvalue weighted by Crippen LogP contribution is -2.50. The van der Waals surface area contributed by atoms with Crippen molar-refractivity contribution < 1.29 is 9.84 Å². The van der Waals surface area contributed by atoms with Crippen LogP contribution in [0.2, 0.25) is 0 Å². The van der Waals surface area contributed by atoms with Crippen LogP contribution in [0.15, 0.2) is 54.7 Å². The molecule has 31 heavy (non-hydrogen) atoms. The normalized spacial score (nSPS) is 20.8. The Balaban J connectivity index is 1.78. The molecule has 3 heteroatoms. The average Bonchev–Trinajstić information content (AvgIpc) is 2.73. The van der Waals surface area contributed by atoms with Crippen LogP contribution in [0, 0.1) is 5.41 Å². The fraction of sp³-hybridized carbons (Fsp3) is 0.464. The molecule has 0 amide bonds. The fourth-order valence-electron chi connectivity index (χ4n) is 5.47. The summed E-state index contributed by atoms with van der Waals surface area (Å²) < 4.78 is 5.79. The van der Waals surface area contributed by atoms with Crippen molar-refractivity contribution in [1.82, 2.24) is 4.98 Å². The van der Waals surface area contributed by atoms with Crippen molar-refractivity contribution in [3.8, 4) is 5.75 Å². The largest absolute Gasteiger partial charge is 0.496 e. The summed E-state index contributed by atoms with van der Waals surface area (Å²) in [5.41, 5.74) is 3.45. The van der Waals surface area contributed by atoms with Crippen LogP contribution in [-0.2, 0) is 18.3 Å². The number of ether oxygens (including phenoxy) is 1. The number of fused-ring (bicyclic) bond motifs is 2. The topological polar surface area (TPSA) is 42.4 Å². The van der Waals surface area contributed by atoms with Crippen molar-refractivity contribution in [2.24, 2.45) is 5.41 Å². The van der Waals surface area contributed by atoms with E-state index in [1.807, 2.05) is 24.4 Å². The number of hydrogen-bond acceptors (Lipinski definition) is 3. The van der Waals surface area contributed by atoms with E-state index >= 15 is 0 Å². The summed E-state index contributed by atoms with van der Waals surface area (Å²) in [6, 6.07) is 16.7. The predicted octanol–water partition coefficient (Wildman–Crippen LogP) is 6.25. The molecule has 3 nitrogen and oxygen atoms in total. The van der Waals surface area contributed by atoms with Gasteiger partial charge in [-0.25, -0.2) is 0 Å². The van der Waals surface area contributed by atoms with Crippen molar-refractivity contribution in [2.75, 3.05) is 7.11 Å². The number of rotatable bonds is 5. The van der Waals surface area contributed by atoms with E-state index in [1.165, 1.54) is 11.1 Å². The highest BCUT2D eigenvalue weighted by atomic mass is 16.5. The summed E-state index contributed by atoms with van der Waals surface area (Å²) in [7, 11) is 1.75. The van der Waals surface area contributed by atoms with E-state index in [-0.39, 0.29) is 10.8 Å². The van der Waals surface area contributed by atoms with Gasteiger partial charge in [0.1, 0.15) is 5.75 Å². The number of methoxy groups -OCH3 is 1. The summed E-state index contributed by atoms with van der Waals surface area (Å²) in [5, 5.41) is 13.4. The molecule has 2 unspecified atom stereocenters. The molecule has 0 bridgehead atoms. The van der Waals surface area contributed by atoms with Gasteiger partial charge in [-0.1, -0.05) is 58.0 Å². The van der Waals surface area contributed by atoms with E-state index in [1.54, 1.807) is 7.11 Å². The van der Waals surface area contributed by atoms with E-state index in [9.17, 15) is 5.11 Å². The summed E-state index contributed by atoms with van der Waals surface area (Å²) in [5.74, 6) is 0.949. The van der Waals surface area contributed by atoms with Crippen LogP contribution >= 0.6 is 0 Å². The molecule has 0 aliphatic heterocycles. The molecule has 0 saturated heterocycles. The number of benzene rings is 2. The Morgan fingerprint density at radius 1 is 1.06 bits per heavy atom. The minimum absolute atomic E-state index is 0.148. The Labute approximate surface area is 186 Å². The molecule has 0 saturated carbocycles. The van der Waals surface area contributed by atoms with Gasteiger partial charge in [0.2, 0.25) is 0 Å². The first-order valence-electron chi connectivity index (χ1n) is 11.4. The molecular formula is C28H35NO2. The third-order valence-corrected chi connectivity index (χ3v) is 7.41. The Morgan fingerprint density at radius 3 is 2.58 bits per heavy atom. The highest BCUT2D eigenvalue weighted by molar-refractivity contribution is 5.82. The maximum absolute atomic E-state index is 12.3. The molecule has 1 N–H and O–H groups in total. The SMILES string of the molecule is COc1cccc2c1C(C)(CC(O)(Cc1ccnc3ccccc13)C(C)(C)C)CCC2. The number of aryl methyl sites for hydroxylation is 1. The maximum Gasteiger partial charge on any atom is 0.122 e. The van der Waals surface area contributed by atoms with Crippen LogP contribution in [0.3, 0.4) is 0 Å².